The van der Waals surface area contributed by atoms with Crippen molar-refractivity contribution < 1.29 is 0 Å². The van der Waals surface area contributed by atoms with Crippen LogP contribution in [0.25, 0.3) is 11.0 Å². The van der Waals surface area contributed by atoms with Gasteiger partial charge in [-0.3, -0.25) is 9.78 Å². The Kier molecular flexibility index (Phi) is 3.67. The van der Waals surface area contributed by atoms with Gasteiger partial charge in [-0.05, 0) is 26.3 Å². The molecule has 0 aliphatic heterocycles. The van der Waals surface area contributed by atoms with Crippen LogP contribution in [0.4, 0.5) is 5.95 Å². The van der Waals surface area contributed by atoms with Gasteiger partial charge in [0.1, 0.15) is 5.39 Å². The maximum Gasteiger partial charge on any atom is 0.263 e. The van der Waals surface area contributed by atoms with Crippen LogP contribution in [0.3, 0.4) is 0 Å². The molecule has 1 aromatic carbocycles. The molecule has 0 atom stereocenters. The zero-order valence-electron chi connectivity index (χ0n) is 13.9. The zero-order valence-corrected chi connectivity index (χ0v) is 13.9. The lowest BCUT2D eigenvalue weighted by Crippen LogP contribution is -2.26. The van der Waals surface area contributed by atoms with E-state index >= 15 is 0 Å². The second kappa shape index (κ2) is 5.53. The van der Waals surface area contributed by atoms with Crippen LogP contribution in [-0.2, 0) is 12.1 Å². The summed E-state index contributed by atoms with van der Waals surface area (Å²) in [4.78, 5) is 21.7. The Labute approximate surface area is 134 Å². The molecule has 0 unspecified atom stereocenters. The van der Waals surface area contributed by atoms with Crippen LogP contribution in [0.15, 0.2) is 41.3 Å². The molecule has 0 radical (unpaired) electrons. The first kappa shape index (κ1) is 15.3. The highest BCUT2D eigenvalue weighted by Crippen LogP contribution is 2.19. The van der Waals surface area contributed by atoms with Crippen LogP contribution < -0.4 is 10.5 Å². The SMILES string of the molecule is CN(Cc1ccccc1)c1nc2c(cnn2C(C)(C)C)c(=O)[nH]1. The van der Waals surface area contributed by atoms with Crippen molar-refractivity contribution >= 4 is 17.0 Å². The van der Waals surface area contributed by atoms with Crippen molar-refractivity contribution in [2.24, 2.45) is 0 Å². The Balaban J connectivity index is 2.03. The highest BCUT2D eigenvalue weighted by atomic mass is 16.1. The fourth-order valence-electron chi connectivity index (χ4n) is 2.51. The van der Waals surface area contributed by atoms with Crippen LogP contribution in [0.1, 0.15) is 26.3 Å². The van der Waals surface area contributed by atoms with Gasteiger partial charge in [0.15, 0.2) is 5.65 Å². The highest BCUT2D eigenvalue weighted by molar-refractivity contribution is 5.74. The van der Waals surface area contributed by atoms with E-state index in [1.165, 1.54) is 0 Å². The summed E-state index contributed by atoms with van der Waals surface area (Å²) in [5.41, 5.74) is 1.36. The van der Waals surface area contributed by atoms with Gasteiger partial charge in [0, 0.05) is 13.6 Å². The first-order valence-corrected chi connectivity index (χ1v) is 7.60. The maximum absolute atomic E-state index is 12.3. The van der Waals surface area contributed by atoms with Gasteiger partial charge in [-0.15, -0.1) is 0 Å². The Hall–Kier alpha value is -2.63. The molecule has 0 saturated carbocycles. The maximum atomic E-state index is 12.3. The van der Waals surface area contributed by atoms with E-state index in [1.807, 2.05) is 63.1 Å². The molecule has 0 bridgehead atoms. The number of hydrogen-bond donors (Lipinski definition) is 1. The van der Waals surface area contributed by atoms with E-state index in [0.717, 1.165) is 5.56 Å². The number of H-pyrrole nitrogens is 1. The standard InChI is InChI=1S/C17H21N5O/c1-17(2,3)22-14-13(10-18-22)15(23)20-16(19-14)21(4)11-12-8-6-5-7-9-12/h5-10H,11H2,1-4H3,(H,19,20,23). The zero-order chi connectivity index (χ0) is 16.6. The molecule has 3 aromatic rings. The van der Waals surface area contributed by atoms with Gasteiger partial charge in [0.05, 0.1) is 11.7 Å². The molecule has 2 aromatic heterocycles. The van der Waals surface area contributed by atoms with Crippen LogP contribution >= 0.6 is 0 Å². The minimum absolute atomic E-state index is 0.166. The van der Waals surface area contributed by atoms with E-state index < -0.39 is 0 Å². The summed E-state index contributed by atoms with van der Waals surface area (Å²) in [6.07, 6.45) is 1.58. The molecule has 23 heavy (non-hydrogen) atoms. The van der Waals surface area contributed by atoms with Crippen molar-refractivity contribution in [1.29, 1.82) is 0 Å². The molecule has 0 amide bonds. The molecular weight excluding hydrogens is 290 g/mol. The van der Waals surface area contributed by atoms with Crippen LogP contribution in [0.5, 0.6) is 0 Å². The van der Waals surface area contributed by atoms with Crippen molar-refractivity contribution in [3.05, 3.63) is 52.4 Å². The number of aromatic nitrogens is 4. The van der Waals surface area contributed by atoms with Gasteiger partial charge in [-0.2, -0.15) is 10.1 Å². The minimum Gasteiger partial charge on any atom is -0.341 e. The average Bonchev–Trinajstić information content (AvgIpc) is 2.92. The summed E-state index contributed by atoms with van der Waals surface area (Å²) in [6, 6.07) is 10.1. The lowest BCUT2D eigenvalue weighted by Gasteiger charge is -2.21. The second-order valence-corrected chi connectivity index (χ2v) is 6.70. The predicted molar refractivity (Wildman–Crippen MR) is 91.7 cm³/mol. The molecule has 0 spiro atoms. The molecule has 0 fully saturated rings. The number of nitrogens with one attached hydrogen (secondary N) is 1. The van der Waals surface area contributed by atoms with Crippen molar-refractivity contribution in [1.82, 2.24) is 19.7 Å². The van der Waals surface area contributed by atoms with Crippen LogP contribution in [-0.4, -0.2) is 26.8 Å². The number of aromatic amines is 1. The molecule has 2 heterocycles. The minimum atomic E-state index is -0.238. The molecule has 0 aliphatic carbocycles. The van der Waals surface area contributed by atoms with Crippen molar-refractivity contribution in [2.45, 2.75) is 32.9 Å². The third-order valence-corrected chi connectivity index (χ3v) is 3.69. The fraction of sp³-hybridized carbons (Fsp3) is 0.353. The molecule has 0 saturated heterocycles. The highest BCUT2D eigenvalue weighted by Gasteiger charge is 2.20. The van der Waals surface area contributed by atoms with E-state index in [2.05, 4.69) is 15.1 Å². The molecule has 3 rings (SSSR count). The summed E-state index contributed by atoms with van der Waals surface area (Å²) in [5.74, 6) is 0.539. The summed E-state index contributed by atoms with van der Waals surface area (Å²) in [6.45, 7) is 6.78. The van der Waals surface area contributed by atoms with Gasteiger partial charge in [0.25, 0.3) is 5.56 Å². The number of hydrogen-bond acceptors (Lipinski definition) is 4. The van der Waals surface area contributed by atoms with E-state index in [1.54, 1.807) is 10.9 Å². The Bertz CT molecular complexity index is 873. The number of benzene rings is 1. The first-order chi connectivity index (χ1) is 10.9. The second-order valence-electron chi connectivity index (χ2n) is 6.70. The van der Waals surface area contributed by atoms with E-state index in [4.69, 9.17) is 0 Å². The monoisotopic (exact) mass is 311 g/mol. The molecule has 6 heteroatoms. The van der Waals surface area contributed by atoms with Gasteiger partial charge >= 0.3 is 0 Å². The van der Waals surface area contributed by atoms with Gasteiger partial charge < -0.3 is 4.90 Å². The lowest BCUT2D eigenvalue weighted by molar-refractivity contribution is 0.366. The predicted octanol–water partition coefficient (Wildman–Crippen LogP) is 2.51. The van der Waals surface area contributed by atoms with Gasteiger partial charge in [0.2, 0.25) is 5.95 Å². The van der Waals surface area contributed by atoms with E-state index in [9.17, 15) is 4.79 Å². The van der Waals surface area contributed by atoms with Gasteiger partial charge in [-0.25, -0.2) is 4.68 Å². The average molecular weight is 311 g/mol. The first-order valence-electron chi connectivity index (χ1n) is 7.60. The number of fused-ring (bicyclic) bond motifs is 1. The summed E-state index contributed by atoms with van der Waals surface area (Å²) < 4.78 is 1.79. The molecule has 0 aliphatic rings. The molecule has 120 valence electrons. The number of nitrogens with zero attached hydrogens (tertiary/aromatic N) is 4. The smallest absolute Gasteiger partial charge is 0.263 e. The van der Waals surface area contributed by atoms with Crippen LogP contribution in [0.2, 0.25) is 0 Å². The summed E-state index contributed by atoms with van der Waals surface area (Å²) in [5, 5.41) is 4.84. The normalized spacial score (nSPS) is 11.8. The van der Waals surface area contributed by atoms with Crippen LogP contribution in [0, 0.1) is 0 Å². The fourth-order valence-corrected chi connectivity index (χ4v) is 2.51. The topological polar surface area (TPSA) is 66.8 Å². The molecular formula is C17H21N5O. The van der Waals surface area contributed by atoms with E-state index in [0.29, 0.717) is 23.5 Å². The van der Waals surface area contributed by atoms with Gasteiger partial charge in [-0.1, -0.05) is 30.3 Å². The van der Waals surface area contributed by atoms with Crippen molar-refractivity contribution in [3.63, 3.8) is 0 Å². The Morgan fingerprint density at radius 1 is 1.22 bits per heavy atom. The van der Waals surface area contributed by atoms with Crippen molar-refractivity contribution in [3.8, 4) is 0 Å². The van der Waals surface area contributed by atoms with Crippen molar-refractivity contribution in [2.75, 3.05) is 11.9 Å². The summed E-state index contributed by atoms with van der Waals surface area (Å²) >= 11 is 0. The van der Waals surface area contributed by atoms with E-state index in [-0.39, 0.29) is 11.1 Å². The molecule has 6 nitrogen and oxygen atoms in total. The number of anilines is 1. The summed E-state index contributed by atoms with van der Waals surface area (Å²) in [7, 11) is 1.91. The Morgan fingerprint density at radius 3 is 2.57 bits per heavy atom. The third-order valence-electron chi connectivity index (χ3n) is 3.69. The third kappa shape index (κ3) is 2.97. The lowest BCUT2D eigenvalue weighted by atomic mass is 10.1. The number of rotatable bonds is 3. The quantitative estimate of drug-likeness (QED) is 0.807. The Morgan fingerprint density at radius 2 is 1.91 bits per heavy atom. The molecule has 1 N–H and O–H groups in total. The largest absolute Gasteiger partial charge is 0.341 e.